The van der Waals surface area contributed by atoms with E-state index in [4.69, 9.17) is 11.6 Å². The van der Waals surface area contributed by atoms with E-state index in [0.717, 1.165) is 12.1 Å². The predicted octanol–water partition coefficient (Wildman–Crippen LogP) is 5.91. The fourth-order valence-electron chi connectivity index (χ4n) is 4.12. The van der Waals surface area contributed by atoms with Gasteiger partial charge in [0.05, 0.1) is 17.3 Å². The zero-order valence-electron chi connectivity index (χ0n) is 18.4. The Morgan fingerprint density at radius 2 is 1.84 bits per heavy atom. The number of hydrogen-bond acceptors (Lipinski definition) is 3. The molecule has 1 atom stereocenters. The third-order valence-corrected chi connectivity index (χ3v) is 6.09. The number of hydrogen-bond donors (Lipinski definition) is 2. The van der Waals surface area contributed by atoms with Gasteiger partial charge in [0.1, 0.15) is 11.6 Å². The van der Waals surface area contributed by atoms with Crippen molar-refractivity contribution in [1.29, 1.82) is 0 Å². The van der Waals surface area contributed by atoms with Gasteiger partial charge in [-0.2, -0.15) is 18.3 Å². The molecule has 2 heterocycles. The third-order valence-electron chi connectivity index (χ3n) is 5.75. The minimum atomic E-state index is -4.88. The lowest BCUT2D eigenvalue weighted by Gasteiger charge is -2.19. The van der Waals surface area contributed by atoms with Crippen LogP contribution in [0.1, 0.15) is 43.4 Å². The molecule has 2 N–H and O–H groups in total. The molecule has 0 fully saturated rings. The highest BCUT2D eigenvalue weighted by Crippen LogP contribution is 2.41. The van der Waals surface area contributed by atoms with Crippen molar-refractivity contribution >= 4 is 29.1 Å². The molecule has 37 heavy (non-hydrogen) atoms. The van der Waals surface area contributed by atoms with E-state index in [-0.39, 0.29) is 33.5 Å². The number of nitrogens with one attached hydrogen (secondary N) is 2. The van der Waals surface area contributed by atoms with Crippen LogP contribution < -0.4 is 10.6 Å². The van der Waals surface area contributed by atoms with Crippen molar-refractivity contribution in [2.75, 3.05) is 5.32 Å². The highest BCUT2D eigenvalue weighted by atomic mass is 35.5. The fraction of sp³-hybridized carbons (Fsp3) is 0.0800. The van der Waals surface area contributed by atoms with E-state index >= 15 is 0 Å². The van der Waals surface area contributed by atoms with Gasteiger partial charge >= 0.3 is 6.18 Å². The Bertz CT molecular complexity index is 1550. The molecule has 0 radical (unpaired) electrons. The maximum Gasteiger partial charge on any atom is 0.416 e. The number of alkyl halides is 3. The van der Waals surface area contributed by atoms with Crippen molar-refractivity contribution in [3.8, 4) is 5.69 Å². The van der Waals surface area contributed by atoms with Crippen molar-refractivity contribution in [3.05, 3.63) is 111 Å². The summed E-state index contributed by atoms with van der Waals surface area (Å²) in [5.74, 6) is -3.50. The smallest absolute Gasteiger partial charge is 0.341 e. The lowest BCUT2D eigenvalue weighted by Crippen LogP contribution is -2.21. The number of benzene rings is 3. The van der Waals surface area contributed by atoms with Gasteiger partial charge in [0.2, 0.25) is 0 Å². The van der Waals surface area contributed by atoms with Crippen molar-refractivity contribution < 1.29 is 31.5 Å². The van der Waals surface area contributed by atoms with E-state index in [9.17, 15) is 31.5 Å². The molecule has 0 aliphatic carbocycles. The van der Waals surface area contributed by atoms with E-state index in [1.807, 2.05) is 0 Å². The summed E-state index contributed by atoms with van der Waals surface area (Å²) in [6.07, 6.45) is -1.83. The number of anilines is 1. The molecule has 0 spiro atoms. The number of nitrogens with zero attached hydrogens (tertiary/aromatic N) is 2. The van der Waals surface area contributed by atoms with E-state index in [0.29, 0.717) is 17.8 Å². The molecule has 3 aromatic carbocycles. The summed E-state index contributed by atoms with van der Waals surface area (Å²) in [5, 5.41) is 9.39. The third kappa shape index (κ3) is 4.65. The van der Waals surface area contributed by atoms with Crippen LogP contribution in [0.5, 0.6) is 0 Å². The van der Waals surface area contributed by atoms with Crippen LogP contribution >= 0.6 is 11.6 Å². The number of fused-ring (bicyclic) bond motifs is 1. The standard InChI is InChI=1S/C25H14ClF5N4O2/c26-19-3-2-14(27)9-17(19)22-21-18(24(37)34-22)10-16(35-5-1-4-32-35)11-20(21)33-23(36)12-6-13(25(29,30)31)8-15(28)7-12/h1-11,22H,(H,33,36)(H,34,37)/t22-/m0/s1. The first kappa shape index (κ1) is 24.4. The number of halogens is 6. The first-order valence-corrected chi connectivity index (χ1v) is 11.0. The Morgan fingerprint density at radius 3 is 2.54 bits per heavy atom. The minimum Gasteiger partial charge on any atom is -0.341 e. The quantitative estimate of drug-likeness (QED) is 0.321. The van der Waals surface area contributed by atoms with Crippen LogP contribution in [0.2, 0.25) is 5.02 Å². The van der Waals surface area contributed by atoms with Crippen LogP contribution in [0, 0.1) is 11.6 Å². The first-order chi connectivity index (χ1) is 17.5. The molecule has 6 nitrogen and oxygen atoms in total. The van der Waals surface area contributed by atoms with Crippen LogP contribution in [-0.2, 0) is 6.18 Å². The van der Waals surface area contributed by atoms with Crippen molar-refractivity contribution in [1.82, 2.24) is 15.1 Å². The molecule has 0 saturated carbocycles. The molecule has 0 saturated heterocycles. The van der Waals surface area contributed by atoms with Crippen LogP contribution in [0.3, 0.4) is 0 Å². The monoisotopic (exact) mass is 532 g/mol. The molecule has 12 heteroatoms. The summed E-state index contributed by atoms with van der Waals surface area (Å²) in [7, 11) is 0. The van der Waals surface area contributed by atoms with Crippen LogP contribution in [0.25, 0.3) is 5.69 Å². The molecule has 1 aliphatic heterocycles. The Labute approximate surface area is 210 Å². The van der Waals surface area contributed by atoms with E-state index < -0.39 is 46.8 Å². The molecule has 1 aromatic heterocycles. The van der Waals surface area contributed by atoms with Gasteiger partial charge in [0.25, 0.3) is 11.8 Å². The second-order valence-corrected chi connectivity index (χ2v) is 8.57. The van der Waals surface area contributed by atoms with Gasteiger partial charge in [-0.3, -0.25) is 9.59 Å². The van der Waals surface area contributed by atoms with E-state index in [1.54, 1.807) is 12.3 Å². The lowest BCUT2D eigenvalue weighted by molar-refractivity contribution is -0.137. The van der Waals surface area contributed by atoms with Crippen molar-refractivity contribution in [2.24, 2.45) is 0 Å². The molecule has 0 unspecified atom stereocenters. The number of rotatable bonds is 4. The largest absolute Gasteiger partial charge is 0.416 e. The average Bonchev–Trinajstić information content (AvgIpc) is 3.48. The summed E-state index contributed by atoms with van der Waals surface area (Å²) in [6.45, 7) is 0. The van der Waals surface area contributed by atoms with Crippen molar-refractivity contribution in [2.45, 2.75) is 12.2 Å². The molecule has 4 aromatic rings. The highest BCUT2D eigenvalue weighted by Gasteiger charge is 2.36. The van der Waals surface area contributed by atoms with Crippen molar-refractivity contribution in [3.63, 3.8) is 0 Å². The molecule has 1 aliphatic rings. The van der Waals surface area contributed by atoms with Gasteiger partial charge in [-0.25, -0.2) is 13.5 Å². The zero-order valence-corrected chi connectivity index (χ0v) is 19.2. The van der Waals surface area contributed by atoms with E-state index in [2.05, 4.69) is 15.7 Å². The molecular formula is C25H14ClF5N4O2. The zero-order chi connectivity index (χ0) is 26.5. The van der Waals surface area contributed by atoms with Gasteiger partial charge in [0.15, 0.2) is 0 Å². The van der Waals surface area contributed by atoms with Gasteiger partial charge < -0.3 is 10.6 Å². The van der Waals surface area contributed by atoms with Crippen LogP contribution in [0.4, 0.5) is 27.6 Å². The summed E-state index contributed by atoms with van der Waals surface area (Å²) < 4.78 is 68.9. The molecule has 188 valence electrons. The topological polar surface area (TPSA) is 76.0 Å². The van der Waals surface area contributed by atoms with E-state index in [1.165, 1.54) is 29.1 Å². The maximum atomic E-state index is 14.0. The molecule has 2 amide bonds. The normalized spacial score (nSPS) is 14.9. The predicted molar refractivity (Wildman–Crippen MR) is 124 cm³/mol. The second kappa shape index (κ2) is 9.00. The lowest BCUT2D eigenvalue weighted by atomic mass is 9.95. The highest BCUT2D eigenvalue weighted by molar-refractivity contribution is 6.31. The molecule has 0 bridgehead atoms. The van der Waals surface area contributed by atoms with Crippen LogP contribution in [-0.4, -0.2) is 21.6 Å². The number of carbonyl (C=O) groups excluding carboxylic acids is 2. The van der Waals surface area contributed by atoms with Crippen LogP contribution in [0.15, 0.2) is 67.0 Å². The fourth-order valence-corrected chi connectivity index (χ4v) is 4.35. The Morgan fingerprint density at radius 1 is 1.05 bits per heavy atom. The summed E-state index contributed by atoms with van der Waals surface area (Å²) in [4.78, 5) is 25.9. The summed E-state index contributed by atoms with van der Waals surface area (Å²) >= 11 is 6.27. The Balaban J connectivity index is 1.65. The summed E-state index contributed by atoms with van der Waals surface area (Å²) in [6, 6.07) is 8.56. The van der Waals surface area contributed by atoms with Gasteiger partial charge in [-0.15, -0.1) is 0 Å². The first-order valence-electron chi connectivity index (χ1n) is 10.6. The molecule has 5 rings (SSSR count). The van der Waals surface area contributed by atoms with Gasteiger partial charge in [-0.1, -0.05) is 11.6 Å². The Hall–Kier alpha value is -4.25. The maximum absolute atomic E-state index is 14.0. The Kier molecular flexibility index (Phi) is 5.95. The van der Waals surface area contributed by atoms with Gasteiger partial charge in [0, 0.05) is 45.4 Å². The molecular weight excluding hydrogens is 519 g/mol. The average molecular weight is 533 g/mol. The van der Waals surface area contributed by atoms with Gasteiger partial charge in [-0.05, 0) is 54.6 Å². The second-order valence-electron chi connectivity index (χ2n) is 8.16. The summed E-state index contributed by atoms with van der Waals surface area (Å²) in [5.41, 5.74) is -1.08. The number of amides is 2. The SMILES string of the molecule is O=C(Nc1cc(-n2cccn2)cc2c1[C@H](c1cc(F)ccc1Cl)NC2=O)c1cc(F)cc(C(F)(F)F)c1. The number of carbonyl (C=O) groups is 2. The minimum absolute atomic E-state index is 0.00879. The number of aromatic nitrogens is 2.